The van der Waals surface area contributed by atoms with Gasteiger partial charge < -0.3 is 20.1 Å². The van der Waals surface area contributed by atoms with Gasteiger partial charge in [-0.3, -0.25) is 0 Å². The van der Waals surface area contributed by atoms with Crippen molar-refractivity contribution in [1.29, 1.82) is 0 Å². The van der Waals surface area contributed by atoms with Crippen LogP contribution >= 0.6 is 0 Å². The lowest BCUT2D eigenvalue weighted by atomic mass is 9.80. The summed E-state index contributed by atoms with van der Waals surface area (Å²) < 4.78 is 5.45. The summed E-state index contributed by atoms with van der Waals surface area (Å²) in [5.41, 5.74) is 0.226. The van der Waals surface area contributed by atoms with E-state index < -0.39 is 5.60 Å². The minimum Gasteiger partial charge on any atom is -0.508 e. The third-order valence-electron chi connectivity index (χ3n) is 3.80. The molecule has 1 heterocycles. The Kier molecular flexibility index (Phi) is 3.12. The summed E-state index contributed by atoms with van der Waals surface area (Å²) in [5, 5.41) is 30.2. The smallest absolute Gasteiger partial charge is 0.122 e. The van der Waals surface area contributed by atoms with Gasteiger partial charge in [0.25, 0.3) is 0 Å². The first-order valence-electron chi connectivity index (χ1n) is 6.48. The van der Waals surface area contributed by atoms with Crippen molar-refractivity contribution < 1.29 is 20.1 Å². The molecule has 104 valence electrons. The number of hydrogen-bond donors (Lipinski definition) is 3. The first-order chi connectivity index (χ1) is 9.59. The predicted molar refractivity (Wildman–Crippen MR) is 73.7 cm³/mol. The molecule has 2 unspecified atom stereocenters. The number of phenolic OH excluding ortho intramolecular Hbond substituents is 2. The zero-order chi connectivity index (χ0) is 14.2. The van der Waals surface area contributed by atoms with E-state index in [2.05, 4.69) is 0 Å². The quantitative estimate of drug-likeness (QED) is 0.783. The van der Waals surface area contributed by atoms with Crippen LogP contribution < -0.4 is 0 Å². The summed E-state index contributed by atoms with van der Waals surface area (Å²) in [4.78, 5) is 0. The molecule has 0 aliphatic carbocycles. The number of aromatic hydroxyl groups is 2. The van der Waals surface area contributed by atoms with Crippen molar-refractivity contribution in [2.45, 2.75) is 11.5 Å². The molecular weight excluding hydrogens is 256 g/mol. The van der Waals surface area contributed by atoms with Crippen LogP contribution in [-0.2, 0) is 10.3 Å². The van der Waals surface area contributed by atoms with E-state index in [9.17, 15) is 15.3 Å². The molecule has 1 aliphatic rings. The SMILES string of the molecule is Oc1cccc(C2COCC2(O)c2cccc(O)c2)c1. The van der Waals surface area contributed by atoms with Gasteiger partial charge in [-0.1, -0.05) is 24.3 Å². The molecule has 1 saturated heterocycles. The highest BCUT2D eigenvalue weighted by atomic mass is 16.5. The third-order valence-corrected chi connectivity index (χ3v) is 3.80. The Morgan fingerprint density at radius 2 is 1.70 bits per heavy atom. The molecule has 0 aromatic heterocycles. The average molecular weight is 272 g/mol. The van der Waals surface area contributed by atoms with E-state index in [1.165, 1.54) is 0 Å². The number of aliphatic hydroxyl groups is 1. The fourth-order valence-electron chi connectivity index (χ4n) is 2.74. The molecule has 0 saturated carbocycles. The van der Waals surface area contributed by atoms with Gasteiger partial charge in [-0.25, -0.2) is 0 Å². The van der Waals surface area contributed by atoms with Crippen LogP contribution in [0.5, 0.6) is 11.5 Å². The molecule has 1 fully saturated rings. The van der Waals surface area contributed by atoms with E-state index in [-0.39, 0.29) is 24.0 Å². The maximum Gasteiger partial charge on any atom is 0.122 e. The van der Waals surface area contributed by atoms with Crippen molar-refractivity contribution >= 4 is 0 Å². The lowest BCUT2D eigenvalue weighted by Crippen LogP contribution is -2.32. The Bertz CT molecular complexity index is 625. The average Bonchev–Trinajstić information content (AvgIpc) is 2.82. The highest BCUT2D eigenvalue weighted by Crippen LogP contribution is 2.43. The first-order valence-corrected chi connectivity index (χ1v) is 6.48. The summed E-state index contributed by atoms with van der Waals surface area (Å²) in [5.74, 6) is -0.0125. The monoisotopic (exact) mass is 272 g/mol. The normalized spacial score (nSPS) is 25.8. The summed E-state index contributed by atoms with van der Waals surface area (Å²) in [6, 6.07) is 13.4. The van der Waals surface area contributed by atoms with Crippen LogP contribution in [0.1, 0.15) is 17.0 Å². The highest BCUT2D eigenvalue weighted by molar-refractivity contribution is 5.38. The second kappa shape index (κ2) is 4.81. The fraction of sp³-hybridized carbons (Fsp3) is 0.250. The molecule has 0 amide bonds. The summed E-state index contributed by atoms with van der Waals surface area (Å²) in [6.07, 6.45) is 0. The van der Waals surface area contributed by atoms with Gasteiger partial charge in [-0.05, 0) is 35.4 Å². The van der Waals surface area contributed by atoms with E-state index in [1.807, 2.05) is 6.07 Å². The van der Waals surface area contributed by atoms with Gasteiger partial charge in [-0.15, -0.1) is 0 Å². The molecule has 2 atom stereocenters. The van der Waals surface area contributed by atoms with Crippen LogP contribution in [0.4, 0.5) is 0 Å². The molecule has 0 radical (unpaired) electrons. The number of benzene rings is 2. The van der Waals surface area contributed by atoms with Gasteiger partial charge in [0, 0.05) is 5.92 Å². The van der Waals surface area contributed by atoms with Crippen LogP contribution in [0.3, 0.4) is 0 Å². The number of phenols is 2. The molecule has 3 N–H and O–H groups in total. The number of ether oxygens (including phenoxy) is 1. The van der Waals surface area contributed by atoms with Crippen molar-refractivity contribution in [1.82, 2.24) is 0 Å². The van der Waals surface area contributed by atoms with E-state index >= 15 is 0 Å². The lowest BCUT2D eigenvalue weighted by molar-refractivity contribution is 0.0134. The van der Waals surface area contributed by atoms with Crippen molar-refractivity contribution in [2.24, 2.45) is 0 Å². The van der Waals surface area contributed by atoms with Gasteiger partial charge >= 0.3 is 0 Å². The predicted octanol–water partition coefficient (Wildman–Crippen LogP) is 2.10. The topological polar surface area (TPSA) is 69.9 Å². The molecule has 2 aromatic carbocycles. The van der Waals surface area contributed by atoms with Crippen LogP contribution in [0, 0.1) is 0 Å². The molecule has 2 aromatic rings. The van der Waals surface area contributed by atoms with Crippen molar-refractivity contribution in [3.8, 4) is 11.5 Å². The minimum absolute atomic E-state index is 0.109. The molecule has 20 heavy (non-hydrogen) atoms. The van der Waals surface area contributed by atoms with Crippen molar-refractivity contribution in [3.63, 3.8) is 0 Å². The van der Waals surface area contributed by atoms with Gasteiger partial charge in [0.2, 0.25) is 0 Å². The number of rotatable bonds is 2. The molecule has 4 heteroatoms. The van der Waals surface area contributed by atoms with Crippen LogP contribution in [0.25, 0.3) is 0 Å². The van der Waals surface area contributed by atoms with Gasteiger partial charge in [0.15, 0.2) is 0 Å². The molecule has 0 bridgehead atoms. The van der Waals surface area contributed by atoms with Crippen molar-refractivity contribution in [3.05, 3.63) is 59.7 Å². The zero-order valence-corrected chi connectivity index (χ0v) is 10.9. The largest absolute Gasteiger partial charge is 0.508 e. The van der Waals surface area contributed by atoms with Gasteiger partial charge in [-0.2, -0.15) is 0 Å². The fourth-order valence-corrected chi connectivity index (χ4v) is 2.74. The third kappa shape index (κ3) is 2.13. The summed E-state index contributed by atoms with van der Waals surface area (Å²) >= 11 is 0. The van der Waals surface area contributed by atoms with Crippen molar-refractivity contribution in [2.75, 3.05) is 13.2 Å². The Balaban J connectivity index is 2.03. The first kappa shape index (κ1) is 13.0. The molecule has 4 nitrogen and oxygen atoms in total. The molecule has 0 spiro atoms. The van der Waals surface area contributed by atoms with E-state index in [1.54, 1.807) is 42.5 Å². The molecule has 3 rings (SSSR count). The standard InChI is InChI=1S/C16H16O4/c17-13-5-1-3-11(7-13)15-9-20-10-16(15,19)12-4-2-6-14(18)8-12/h1-8,15,17-19H,9-10H2. The Labute approximate surface area is 116 Å². The molecular formula is C16H16O4. The zero-order valence-electron chi connectivity index (χ0n) is 10.9. The second-order valence-electron chi connectivity index (χ2n) is 5.14. The summed E-state index contributed by atoms with van der Waals surface area (Å²) in [6.45, 7) is 0.534. The second-order valence-corrected chi connectivity index (χ2v) is 5.14. The molecule has 1 aliphatic heterocycles. The van der Waals surface area contributed by atoms with Crippen LogP contribution in [0.2, 0.25) is 0 Å². The maximum atomic E-state index is 11.0. The summed E-state index contributed by atoms with van der Waals surface area (Å²) in [7, 11) is 0. The van der Waals surface area contributed by atoms with Crippen LogP contribution in [0.15, 0.2) is 48.5 Å². The van der Waals surface area contributed by atoms with E-state index in [4.69, 9.17) is 4.74 Å². The van der Waals surface area contributed by atoms with Crippen LogP contribution in [-0.4, -0.2) is 28.5 Å². The maximum absolute atomic E-state index is 11.0. The van der Waals surface area contributed by atoms with E-state index in [0.29, 0.717) is 12.2 Å². The van der Waals surface area contributed by atoms with Gasteiger partial charge in [0.1, 0.15) is 17.1 Å². The number of hydrogen-bond acceptors (Lipinski definition) is 4. The Hall–Kier alpha value is -2.04. The Morgan fingerprint density at radius 1 is 1.00 bits per heavy atom. The Morgan fingerprint density at radius 3 is 2.40 bits per heavy atom. The minimum atomic E-state index is -1.20. The lowest BCUT2D eigenvalue weighted by Gasteiger charge is -2.29. The van der Waals surface area contributed by atoms with E-state index in [0.717, 1.165) is 5.56 Å². The van der Waals surface area contributed by atoms with Gasteiger partial charge in [0.05, 0.1) is 13.2 Å². The highest BCUT2D eigenvalue weighted by Gasteiger charge is 2.44.